The Morgan fingerprint density at radius 1 is 0.909 bits per heavy atom. The Bertz CT molecular complexity index is 1070. The van der Waals surface area contributed by atoms with Crippen LogP contribution in [-0.4, -0.2) is 24.5 Å². The zero-order chi connectivity index (χ0) is 23.6. The van der Waals surface area contributed by atoms with Gasteiger partial charge in [0.1, 0.15) is 11.5 Å². The minimum Gasteiger partial charge on any atom is -0.483 e. The molecule has 6 nitrogen and oxygen atoms in total. The summed E-state index contributed by atoms with van der Waals surface area (Å²) in [6.07, 6.45) is 0.600. The highest BCUT2D eigenvalue weighted by molar-refractivity contribution is 9.10. The molecule has 0 aliphatic rings. The summed E-state index contributed by atoms with van der Waals surface area (Å²) in [7, 11) is 0. The number of hydrogen-bond donors (Lipinski definition) is 2. The van der Waals surface area contributed by atoms with Crippen LogP contribution >= 0.6 is 15.9 Å². The molecule has 3 aromatic rings. The topological polar surface area (TPSA) is 76.7 Å². The molecule has 0 aromatic heterocycles. The number of hydrogen-bond acceptors (Lipinski definition) is 4. The van der Waals surface area contributed by atoms with Crippen molar-refractivity contribution in [1.29, 1.82) is 0 Å². The molecule has 0 aliphatic carbocycles. The second-order valence-corrected chi connectivity index (χ2v) is 8.20. The normalized spacial score (nSPS) is 11.4. The van der Waals surface area contributed by atoms with Gasteiger partial charge < -0.3 is 9.47 Å². The van der Waals surface area contributed by atoms with Crippen LogP contribution in [0.15, 0.2) is 77.3 Å². The van der Waals surface area contributed by atoms with Crippen LogP contribution in [0.3, 0.4) is 0 Å². The van der Waals surface area contributed by atoms with E-state index in [1.165, 1.54) is 0 Å². The Kier molecular flexibility index (Phi) is 8.89. The average Bonchev–Trinajstić information content (AvgIpc) is 2.85. The fourth-order valence-electron chi connectivity index (χ4n) is 3.12. The van der Waals surface area contributed by atoms with Gasteiger partial charge in [0.2, 0.25) is 0 Å². The van der Waals surface area contributed by atoms with Crippen LogP contribution < -0.4 is 20.3 Å². The van der Waals surface area contributed by atoms with E-state index in [0.717, 1.165) is 27.6 Å². The van der Waals surface area contributed by atoms with Crippen molar-refractivity contribution in [2.75, 3.05) is 6.61 Å². The van der Waals surface area contributed by atoms with Gasteiger partial charge in [-0.05, 0) is 69.7 Å². The predicted octanol–water partition coefficient (Wildman–Crippen LogP) is 5.06. The zero-order valence-corrected chi connectivity index (χ0v) is 20.2. The first-order valence-corrected chi connectivity index (χ1v) is 11.6. The molecule has 0 saturated heterocycles. The van der Waals surface area contributed by atoms with E-state index in [-0.39, 0.29) is 6.61 Å². The monoisotopic (exact) mass is 510 g/mol. The van der Waals surface area contributed by atoms with Gasteiger partial charge in [-0.2, -0.15) is 0 Å². The number of nitrogens with one attached hydrogen (secondary N) is 2. The molecule has 0 heterocycles. The number of hydrazine groups is 1. The Balaban J connectivity index is 1.47. The van der Waals surface area contributed by atoms with E-state index in [1.54, 1.807) is 6.07 Å². The van der Waals surface area contributed by atoms with Crippen molar-refractivity contribution in [1.82, 2.24) is 10.9 Å². The lowest BCUT2D eigenvalue weighted by Gasteiger charge is -2.18. The van der Waals surface area contributed by atoms with Gasteiger partial charge in [-0.25, -0.2) is 0 Å². The Morgan fingerprint density at radius 2 is 1.61 bits per heavy atom. The fourth-order valence-corrected chi connectivity index (χ4v) is 3.66. The van der Waals surface area contributed by atoms with Crippen molar-refractivity contribution in [3.05, 3.63) is 82.8 Å². The number of amides is 2. The van der Waals surface area contributed by atoms with Gasteiger partial charge in [-0.15, -0.1) is 0 Å². The highest BCUT2D eigenvalue weighted by Crippen LogP contribution is 2.26. The van der Waals surface area contributed by atoms with E-state index in [1.807, 2.05) is 73.7 Å². The van der Waals surface area contributed by atoms with Gasteiger partial charge >= 0.3 is 0 Å². The van der Waals surface area contributed by atoms with Crippen molar-refractivity contribution in [2.24, 2.45) is 0 Å². The van der Waals surface area contributed by atoms with Gasteiger partial charge in [0.15, 0.2) is 12.7 Å². The number of aryl methyl sites for hydroxylation is 1. The van der Waals surface area contributed by atoms with Crippen LogP contribution in [0.1, 0.15) is 25.8 Å². The Labute approximate surface area is 202 Å². The van der Waals surface area contributed by atoms with Gasteiger partial charge in [0.25, 0.3) is 11.8 Å². The van der Waals surface area contributed by atoms with E-state index >= 15 is 0 Å². The molecule has 1 unspecified atom stereocenters. The summed E-state index contributed by atoms with van der Waals surface area (Å²) >= 11 is 3.43. The van der Waals surface area contributed by atoms with Crippen LogP contribution in [0.25, 0.3) is 11.1 Å². The minimum atomic E-state index is -0.746. The highest BCUT2D eigenvalue weighted by atomic mass is 79.9. The summed E-state index contributed by atoms with van der Waals surface area (Å²) in [5.74, 6) is 0.220. The first kappa shape index (κ1) is 24.3. The maximum atomic E-state index is 12.5. The molecule has 33 heavy (non-hydrogen) atoms. The van der Waals surface area contributed by atoms with E-state index in [4.69, 9.17) is 9.47 Å². The molecule has 0 spiro atoms. The van der Waals surface area contributed by atoms with Crippen molar-refractivity contribution in [3.8, 4) is 22.6 Å². The molecule has 2 amide bonds. The van der Waals surface area contributed by atoms with Crippen molar-refractivity contribution < 1.29 is 19.1 Å². The second-order valence-electron chi connectivity index (χ2n) is 7.35. The Hall–Kier alpha value is -3.32. The van der Waals surface area contributed by atoms with Gasteiger partial charge in [-0.3, -0.25) is 20.4 Å². The van der Waals surface area contributed by atoms with Crippen LogP contribution in [0.5, 0.6) is 11.5 Å². The number of halogens is 1. The van der Waals surface area contributed by atoms with Crippen LogP contribution in [-0.2, 0) is 16.0 Å². The quantitative estimate of drug-likeness (QED) is 0.394. The number of carbonyl (C=O) groups is 2. The molecule has 172 valence electrons. The largest absolute Gasteiger partial charge is 0.483 e. The number of rotatable bonds is 9. The average molecular weight is 511 g/mol. The third-order valence-electron chi connectivity index (χ3n) is 4.99. The number of benzene rings is 3. The van der Waals surface area contributed by atoms with E-state index in [9.17, 15) is 9.59 Å². The lowest BCUT2D eigenvalue weighted by atomic mass is 10.1. The molecule has 3 rings (SSSR count). The standard InChI is InChI=1S/C26H27BrN2O4/c1-3-18-10-15-24(22(27)16-18)32-17-25(30)28-29-26(31)23(4-2)33-21-13-11-20(12-14-21)19-8-6-5-7-9-19/h5-16,23H,3-4,17H2,1-2H3,(H,28,30)(H,29,31). The minimum absolute atomic E-state index is 0.233. The smallest absolute Gasteiger partial charge is 0.279 e. The first-order valence-electron chi connectivity index (χ1n) is 10.8. The first-order chi connectivity index (χ1) is 16.0. The van der Waals surface area contributed by atoms with Gasteiger partial charge in [0, 0.05) is 0 Å². The maximum absolute atomic E-state index is 12.5. The molecule has 0 radical (unpaired) electrons. The lowest BCUT2D eigenvalue weighted by molar-refractivity contribution is -0.134. The maximum Gasteiger partial charge on any atom is 0.279 e. The van der Waals surface area contributed by atoms with E-state index in [0.29, 0.717) is 17.9 Å². The molecule has 7 heteroatoms. The number of carbonyl (C=O) groups excluding carboxylic acids is 2. The van der Waals surface area contributed by atoms with Crippen molar-refractivity contribution in [2.45, 2.75) is 32.8 Å². The Morgan fingerprint density at radius 3 is 2.24 bits per heavy atom. The third-order valence-corrected chi connectivity index (χ3v) is 5.61. The SMILES string of the molecule is CCc1ccc(OCC(=O)NNC(=O)C(CC)Oc2ccc(-c3ccccc3)cc2)c(Br)c1. The summed E-state index contributed by atoms with van der Waals surface area (Å²) in [5.41, 5.74) is 8.09. The molecular formula is C26H27BrN2O4. The van der Waals surface area contributed by atoms with Crippen molar-refractivity contribution >= 4 is 27.7 Å². The number of ether oxygens (including phenoxy) is 2. The van der Waals surface area contributed by atoms with Gasteiger partial charge in [0.05, 0.1) is 4.47 Å². The molecule has 0 fully saturated rings. The predicted molar refractivity (Wildman–Crippen MR) is 132 cm³/mol. The fraction of sp³-hybridized carbons (Fsp3) is 0.231. The summed E-state index contributed by atoms with van der Waals surface area (Å²) in [4.78, 5) is 24.6. The second kappa shape index (κ2) is 12.1. The molecule has 2 N–H and O–H groups in total. The summed E-state index contributed by atoms with van der Waals surface area (Å²) in [5, 5.41) is 0. The summed E-state index contributed by atoms with van der Waals surface area (Å²) < 4.78 is 12.1. The summed E-state index contributed by atoms with van der Waals surface area (Å²) in [6.45, 7) is 3.67. The van der Waals surface area contributed by atoms with Crippen LogP contribution in [0, 0.1) is 0 Å². The van der Waals surface area contributed by atoms with Crippen molar-refractivity contribution in [3.63, 3.8) is 0 Å². The van der Waals surface area contributed by atoms with Crippen LogP contribution in [0.4, 0.5) is 0 Å². The summed E-state index contributed by atoms with van der Waals surface area (Å²) in [6, 6.07) is 23.2. The molecule has 0 saturated carbocycles. The van der Waals surface area contributed by atoms with E-state index < -0.39 is 17.9 Å². The van der Waals surface area contributed by atoms with Crippen LogP contribution in [0.2, 0.25) is 0 Å². The molecule has 0 bridgehead atoms. The van der Waals surface area contributed by atoms with Gasteiger partial charge in [-0.1, -0.05) is 62.4 Å². The molecular weight excluding hydrogens is 484 g/mol. The molecule has 0 aliphatic heterocycles. The lowest BCUT2D eigenvalue weighted by Crippen LogP contribution is -2.49. The van der Waals surface area contributed by atoms with E-state index in [2.05, 4.69) is 33.7 Å². The third kappa shape index (κ3) is 7.08. The molecule has 3 aromatic carbocycles. The molecule has 1 atom stereocenters. The highest BCUT2D eigenvalue weighted by Gasteiger charge is 2.19. The zero-order valence-electron chi connectivity index (χ0n) is 18.6.